The van der Waals surface area contributed by atoms with E-state index in [1.807, 2.05) is 25.1 Å². The van der Waals surface area contributed by atoms with Gasteiger partial charge in [0.2, 0.25) is 5.91 Å². The number of rotatable bonds is 12. The number of benzene rings is 1. The van der Waals surface area contributed by atoms with E-state index in [-0.39, 0.29) is 5.91 Å². The van der Waals surface area contributed by atoms with Gasteiger partial charge < -0.3 is 15.4 Å². The van der Waals surface area contributed by atoms with Gasteiger partial charge in [-0.15, -0.1) is 0 Å². The number of carbonyl (C=O) groups is 2. The highest BCUT2D eigenvalue weighted by atomic mass is 16.5. The summed E-state index contributed by atoms with van der Waals surface area (Å²) in [7, 11) is 1.34. The third-order valence-corrected chi connectivity index (χ3v) is 4.81. The van der Waals surface area contributed by atoms with Gasteiger partial charge in [0.05, 0.1) is 12.7 Å². The molecule has 0 aliphatic rings. The first-order valence-electron chi connectivity index (χ1n) is 10.4. The third-order valence-electron chi connectivity index (χ3n) is 4.81. The second-order valence-electron chi connectivity index (χ2n) is 7.14. The van der Waals surface area contributed by atoms with E-state index in [0.717, 1.165) is 23.1 Å². The summed E-state index contributed by atoms with van der Waals surface area (Å²) in [5.74, 6) is -0.538. The molecule has 1 amide bonds. The number of aliphatic imine (C=N–C) groups is 1. The highest BCUT2D eigenvalue weighted by molar-refractivity contribution is 5.89. The number of aromatic nitrogens is 1. The van der Waals surface area contributed by atoms with E-state index in [1.54, 1.807) is 42.9 Å². The zero-order chi connectivity index (χ0) is 23.2. The van der Waals surface area contributed by atoms with Crippen molar-refractivity contribution in [1.29, 1.82) is 0 Å². The van der Waals surface area contributed by atoms with E-state index in [2.05, 4.69) is 27.2 Å². The summed E-state index contributed by atoms with van der Waals surface area (Å²) in [6.07, 6.45) is 10.0. The lowest BCUT2D eigenvalue weighted by atomic mass is 10.0. The summed E-state index contributed by atoms with van der Waals surface area (Å²) in [5, 5.41) is 6.32. The molecule has 2 aromatic rings. The number of ether oxygens (including phenoxy) is 1. The molecule has 1 aromatic heterocycles. The first-order valence-corrected chi connectivity index (χ1v) is 10.4. The topological polar surface area (TPSA) is 92.7 Å². The van der Waals surface area contributed by atoms with Crippen molar-refractivity contribution >= 4 is 18.1 Å². The monoisotopic (exact) mass is 434 g/mol. The van der Waals surface area contributed by atoms with Crippen LogP contribution >= 0.6 is 0 Å². The largest absolute Gasteiger partial charge is 0.465 e. The van der Waals surface area contributed by atoms with E-state index in [4.69, 9.17) is 4.74 Å². The van der Waals surface area contributed by atoms with Crippen molar-refractivity contribution in [3.63, 3.8) is 0 Å². The Morgan fingerprint density at radius 3 is 2.53 bits per heavy atom. The summed E-state index contributed by atoms with van der Waals surface area (Å²) in [5.41, 5.74) is 3.44. The zero-order valence-corrected chi connectivity index (χ0v) is 18.6. The van der Waals surface area contributed by atoms with E-state index < -0.39 is 12.0 Å². The first kappa shape index (κ1) is 24.7. The number of pyridine rings is 1. The Labute approximate surface area is 189 Å². The maximum atomic E-state index is 13.0. The molecule has 2 rings (SSSR count). The minimum Gasteiger partial charge on any atom is -0.465 e. The molecule has 0 radical (unpaired) electrons. The van der Waals surface area contributed by atoms with Crippen molar-refractivity contribution < 1.29 is 14.3 Å². The van der Waals surface area contributed by atoms with Crippen LogP contribution in [0.25, 0.3) is 0 Å². The number of allylic oxidation sites excluding steroid dienone is 1. The van der Waals surface area contributed by atoms with Crippen LogP contribution in [-0.2, 0) is 16.0 Å². The zero-order valence-electron chi connectivity index (χ0n) is 18.6. The number of carbonyl (C=O) groups excluding carboxylic acids is 2. The lowest BCUT2D eigenvalue weighted by molar-refractivity contribution is -0.123. The molecule has 0 aliphatic carbocycles. The second-order valence-corrected chi connectivity index (χ2v) is 7.14. The van der Waals surface area contributed by atoms with Gasteiger partial charge in [-0.25, -0.2) is 4.79 Å². The molecule has 1 heterocycles. The lowest BCUT2D eigenvalue weighted by Crippen LogP contribution is -2.39. The number of amides is 1. The number of nitrogens with one attached hydrogen (secondary N) is 2. The van der Waals surface area contributed by atoms with Crippen LogP contribution in [0.2, 0.25) is 0 Å². The van der Waals surface area contributed by atoms with E-state index >= 15 is 0 Å². The van der Waals surface area contributed by atoms with Crippen molar-refractivity contribution in [3.05, 3.63) is 89.9 Å². The third kappa shape index (κ3) is 8.28. The van der Waals surface area contributed by atoms with Gasteiger partial charge in [0, 0.05) is 37.9 Å². The molecule has 1 unspecified atom stereocenters. The summed E-state index contributed by atoms with van der Waals surface area (Å²) < 4.78 is 4.75. The Kier molecular flexibility index (Phi) is 10.5. The summed E-state index contributed by atoms with van der Waals surface area (Å²) in [6, 6.07) is 10.2. The number of hydrogen-bond donors (Lipinski definition) is 2. The van der Waals surface area contributed by atoms with Gasteiger partial charge in [0.15, 0.2) is 0 Å². The molecular weight excluding hydrogens is 404 g/mol. The van der Waals surface area contributed by atoms with Crippen LogP contribution in [0, 0.1) is 0 Å². The fourth-order valence-electron chi connectivity index (χ4n) is 3.00. The maximum absolute atomic E-state index is 13.0. The van der Waals surface area contributed by atoms with Gasteiger partial charge in [-0.05, 0) is 61.2 Å². The molecule has 0 aliphatic heterocycles. The van der Waals surface area contributed by atoms with Crippen molar-refractivity contribution in [2.45, 2.75) is 25.8 Å². The van der Waals surface area contributed by atoms with Gasteiger partial charge in [-0.2, -0.15) is 0 Å². The Bertz CT molecular complexity index is 937. The maximum Gasteiger partial charge on any atom is 0.337 e. The average molecular weight is 435 g/mol. The van der Waals surface area contributed by atoms with Gasteiger partial charge in [-0.3, -0.25) is 14.8 Å². The molecule has 0 bridgehead atoms. The van der Waals surface area contributed by atoms with Crippen molar-refractivity contribution in [1.82, 2.24) is 15.6 Å². The molecule has 168 valence electrons. The summed E-state index contributed by atoms with van der Waals surface area (Å²) in [4.78, 5) is 32.6. The fraction of sp³-hybridized carbons (Fsp3) is 0.280. The summed E-state index contributed by atoms with van der Waals surface area (Å²) >= 11 is 0. The molecule has 0 saturated heterocycles. The molecule has 32 heavy (non-hydrogen) atoms. The SMILES string of the molecule is C=CN=C/C=C(\C)CCNC(=O)C(NCCc1ccncc1)c1ccc(C(=O)OC)cc1. The number of esters is 1. The van der Waals surface area contributed by atoms with Crippen LogP contribution in [0.4, 0.5) is 0 Å². The number of methoxy groups -OCH3 is 1. The lowest BCUT2D eigenvalue weighted by Gasteiger charge is -2.19. The average Bonchev–Trinajstić information content (AvgIpc) is 2.82. The minimum absolute atomic E-state index is 0.127. The van der Waals surface area contributed by atoms with Crippen LogP contribution in [0.15, 0.2) is 78.2 Å². The molecule has 2 N–H and O–H groups in total. The Morgan fingerprint density at radius 2 is 1.88 bits per heavy atom. The summed E-state index contributed by atoms with van der Waals surface area (Å²) in [6.45, 7) is 6.63. The van der Waals surface area contributed by atoms with Crippen LogP contribution in [0.1, 0.15) is 40.9 Å². The van der Waals surface area contributed by atoms with Crippen molar-refractivity contribution in [3.8, 4) is 0 Å². The molecule has 7 nitrogen and oxygen atoms in total. The van der Waals surface area contributed by atoms with Crippen molar-refractivity contribution in [2.24, 2.45) is 4.99 Å². The highest BCUT2D eigenvalue weighted by Crippen LogP contribution is 2.16. The number of hydrogen-bond acceptors (Lipinski definition) is 6. The first-order chi connectivity index (χ1) is 15.5. The molecule has 1 atom stereocenters. The Hall–Kier alpha value is -3.58. The predicted molar refractivity (Wildman–Crippen MR) is 127 cm³/mol. The van der Waals surface area contributed by atoms with Gasteiger partial charge in [0.25, 0.3) is 0 Å². The molecular formula is C25H30N4O3. The van der Waals surface area contributed by atoms with Gasteiger partial charge in [0.1, 0.15) is 6.04 Å². The van der Waals surface area contributed by atoms with Gasteiger partial charge >= 0.3 is 5.97 Å². The molecule has 1 aromatic carbocycles. The van der Waals surface area contributed by atoms with Crippen LogP contribution in [0.5, 0.6) is 0 Å². The number of nitrogens with zero attached hydrogens (tertiary/aromatic N) is 2. The fourth-order valence-corrected chi connectivity index (χ4v) is 3.00. The second kappa shape index (κ2) is 13.7. The van der Waals surface area contributed by atoms with E-state index in [0.29, 0.717) is 25.1 Å². The highest BCUT2D eigenvalue weighted by Gasteiger charge is 2.20. The Balaban J connectivity index is 2.04. The van der Waals surface area contributed by atoms with E-state index in [1.165, 1.54) is 13.3 Å². The van der Waals surface area contributed by atoms with Crippen LogP contribution in [-0.4, -0.2) is 43.3 Å². The van der Waals surface area contributed by atoms with E-state index in [9.17, 15) is 9.59 Å². The quantitative estimate of drug-likeness (QED) is 0.395. The molecule has 0 spiro atoms. The smallest absolute Gasteiger partial charge is 0.337 e. The van der Waals surface area contributed by atoms with Crippen LogP contribution in [0.3, 0.4) is 0 Å². The van der Waals surface area contributed by atoms with Gasteiger partial charge in [-0.1, -0.05) is 24.3 Å². The molecule has 7 heteroatoms. The molecule has 0 saturated carbocycles. The standard InChI is InChI=1S/C25H30N4O3/c1-4-26-14-9-19(2)10-17-29-24(30)23(28-18-13-20-11-15-27-16-12-20)21-5-7-22(8-6-21)25(31)32-3/h4-9,11-12,14-16,23,28H,1,10,13,17-18H2,2-3H3,(H,29,30)/b19-9+,26-14?. The normalized spacial score (nSPS) is 12.4. The predicted octanol–water partition coefficient (Wildman–Crippen LogP) is 3.41. The minimum atomic E-state index is -0.546. The Morgan fingerprint density at radius 1 is 1.16 bits per heavy atom. The van der Waals surface area contributed by atoms with Crippen molar-refractivity contribution in [2.75, 3.05) is 20.2 Å². The molecule has 0 fully saturated rings. The van der Waals surface area contributed by atoms with Crippen LogP contribution < -0.4 is 10.6 Å².